The minimum absolute atomic E-state index is 0.0346. The molecule has 0 bridgehead atoms. The van der Waals surface area contributed by atoms with E-state index in [9.17, 15) is 9.59 Å². The Kier molecular flexibility index (Phi) is 6.63. The minimum atomic E-state index is -0.181. The second kappa shape index (κ2) is 9.84. The zero-order chi connectivity index (χ0) is 24.5. The highest BCUT2D eigenvalue weighted by Crippen LogP contribution is 2.38. The van der Waals surface area contributed by atoms with Crippen LogP contribution in [0.25, 0.3) is 10.8 Å². The Morgan fingerprint density at radius 2 is 1.77 bits per heavy atom. The third-order valence-corrected chi connectivity index (χ3v) is 7.91. The van der Waals surface area contributed by atoms with Crippen molar-refractivity contribution < 1.29 is 9.59 Å². The topological polar surface area (TPSA) is 40.6 Å². The van der Waals surface area contributed by atoms with Gasteiger partial charge in [-0.25, -0.2) is 0 Å². The van der Waals surface area contributed by atoms with Crippen molar-refractivity contribution in [2.75, 3.05) is 13.1 Å². The lowest BCUT2D eigenvalue weighted by Crippen LogP contribution is -2.48. The van der Waals surface area contributed by atoms with E-state index in [2.05, 4.69) is 11.4 Å². The molecule has 4 nitrogen and oxygen atoms in total. The molecule has 2 heterocycles. The first-order valence-electron chi connectivity index (χ1n) is 11.8. The number of carbonyl (C=O) groups is 2. The molecule has 0 radical (unpaired) electrons. The van der Waals surface area contributed by atoms with Gasteiger partial charge in [-0.1, -0.05) is 54.1 Å². The maximum absolute atomic E-state index is 13.8. The fourth-order valence-corrected chi connectivity index (χ4v) is 5.83. The highest BCUT2D eigenvalue weighted by atomic mass is 35.5. The highest BCUT2D eigenvalue weighted by Gasteiger charge is 2.34. The van der Waals surface area contributed by atoms with Crippen molar-refractivity contribution in [3.05, 3.63) is 105 Å². The van der Waals surface area contributed by atoms with Crippen LogP contribution in [0.5, 0.6) is 0 Å². The molecule has 1 aliphatic heterocycles. The first-order chi connectivity index (χ1) is 16.9. The number of fused-ring (bicyclic) bond motifs is 2. The predicted octanol–water partition coefficient (Wildman–Crippen LogP) is 6.58. The molecular weight excluding hydrogens is 476 g/mol. The van der Waals surface area contributed by atoms with Crippen molar-refractivity contribution >= 4 is 45.5 Å². The van der Waals surface area contributed by atoms with E-state index in [-0.39, 0.29) is 30.4 Å². The summed E-state index contributed by atoms with van der Waals surface area (Å²) in [5.41, 5.74) is 2.78. The summed E-state index contributed by atoms with van der Waals surface area (Å²) in [4.78, 5) is 32.2. The molecule has 5 rings (SSSR count). The number of thiophene rings is 1. The normalized spacial score (nSPS) is 15.3. The van der Waals surface area contributed by atoms with Gasteiger partial charge in [-0.3, -0.25) is 9.59 Å². The first kappa shape index (κ1) is 23.6. The third kappa shape index (κ3) is 4.71. The summed E-state index contributed by atoms with van der Waals surface area (Å²) in [5, 5.41) is 4.85. The van der Waals surface area contributed by atoms with Gasteiger partial charge in [0.25, 0.3) is 5.91 Å². The zero-order valence-corrected chi connectivity index (χ0v) is 21.4. The van der Waals surface area contributed by atoms with Crippen LogP contribution >= 0.6 is 22.9 Å². The van der Waals surface area contributed by atoms with Crippen LogP contribution in [0, 0.1) is 0 Å². The summed E-state index contributed by atoms with van der Waals surface area (Å²) in [6.45, 7) is 4.56. The summed E-state index contributed by atoms with van der Waals surface area (Å²) >= 11 is 7.87. The molecule has 4 aromatic rings. The highest BCUT2D eigenvalue weighted by molar-refractivity contribution is 7.10. The fraction of sp³-hybridized carbons (Fsp3) is 0.241. The smallest absolute Gasteiger partial charge is 0.254 e. The van der Waals surface area contributed by atoms with Gasteiger partial charge in [-0.05, 0) is 77.9 Å². The van der Waals surface area contributed by atoms with Gasteiger partial charge in [0, 0.05) is 28.0 Å². The largest absolute Gasteiger partial charge is 0.330 e. The molecule has 1 aromatic heterocycles. The average molecular weight is 503 g/mol. The van der Waals surface area contributed by atoms with Crippen LogP contribution in [0.4, 0.5) is 0 Å². The van der Waals surface area contributed by atoms with Crippen molar-refractivity contribution in [1.82, 2.24) is 9.80 Å². The van der Waals surface area contributed by atoms with Crippen LogP contribution in [-0.2, 0) is 11.2 Å². The molecule has 1 unspecified atom stereocenters. The van der Waals surface area contributed by atoms with E-state index >= 15 is 0 Å². The van der Waals surface area contributed by atoms with Gasteiger partial charge in [0.15, 0.2) is 0 Å². The van der Waals surface area contributed by atoms with E-state index in [4.69, 9.17) is 11.6 Å². The van der Waals surface area contributed by atoms with Gasteiger partial charge < -0.3 is 9.80 Å². The zero-order valence-electron chi connectivity index (χ0n) is 19.8. The molecule has 178 valence electrons. The number of amides is 2. The lowest BCUT2D eigenvalue weighted by Gasteiger charge is -2.38. The predicted molar refractivity (Wildman–Crippen MR) is 143 cm³/mol. The molecule has 0 N–H and O–H groups in total. The molecule has 0 fully saturated rings. The Hall–Kier alpha value is -3.15. The molecule has 6 heteroatoms. The lowest BCUT2D eigenvalue weighted by atomic mass is 9.93. The van der Waals surface area contributed by atoms with Gasteiger partial charge in [0.2, 0.25) is 5.91 Å². The SMILES string of the molecule is CC(C)N(CC(=O)N1CCc2sccc2C1c1ccc(Cl)cc1)C(=O)c1ccc2ccccc2c1. The maximum Gasteiger partial charge on any atom is 0.254 e. The Morgan fingerprint density at radius 3 is 2.51 bits per heavy atom. The number of hydrogen-bond acceptors (Lipinski definition) is 3. The number of nitrogens with zero attached hydrogens (tertiary/aromatic N) is 2. The van der Waals surface area contributed by atoms with Gasteiger partial charge in [0.1, 0.15) is 6.54 Å². The monoisotopic (exact) mass is 502 g/mol. The van der Waals surface area contributed by atoms with Crippen LogP contribution in [0.3, 0.4) is 0 Å². The molecule has 1 aliphatic rings. The summed E-state index contributed by atoms with van der Waals surface area (Å²) < 4.78 is 0. The van der Waals surface area contributed by atoms with Gasteiger partial charge >= 0.3 is 0 Å². The fourth-order valence-electron chi connectivity index (χ4n) is 4.80. The van der Waals surface area contributed by atoms with E-state index in [0.29, 0.717) is 17.1 Å². The molecule has 3 aromatic carbocycles. The van der Waals surface area contributed by atoms with Crippen LogP contribution in [0.2, 0.25) is 5.02 Å². The average Bonchev–Trinajstić information content (AvgIpc) is 3.35. The molecular formula is C29H27ClN2O2S. The standard InChI is InChI=1S/C29H27ClN2O2S/c1-19(2)32(29(34)23-8-7-20-5-3-4-6-22(20)17-23)18-27(33)31-15-13-26-25(14-16-35-26)28(31)21-9-11-24(30)12-10-21/h3-12,14,16-17,19,28H,13,15,18H2,1-2H3. The quantitative estimate of drug-likeness (QED) is 0.309. The number of rotatable bonds is 5. The van der Waals surface area contributed by atoms with Crippen molar-refractivity contribution in [2.45, 2.75) is 32.4 Å². The molecule has 35 heavy (non-hydrogen) atoms. The summed E-state index contributed by atoms with van der Waals surface area (Å²) in [6.07, 6.45) is 0.823. The van der Waals surface area contributed by atoms with Crippen LogP contribution < -0.4 is 0 Å². The number of halogens is 1. The van der Waals surface area contributed by atoms with E-state index in [1.54, 1.807) is 16.2 Å². The van der Waals surface area contributed by atoms with Crippen LogP contribution in [-0.4, -0.2) is 40.7 Å². The minimum Gasteiger partial charge on any atom is -0.330 e. The maximum atomic E-state index is 13.8. The second-order valence-electron chi connectivity index (χ2n) is 9.18. The van der Waals surface area contributed by atoms with Crippen molar-refractivity contribution in [1.29, 1.82) is 0 Å². The Balaban J connectivity index is 1.43. The molecule has 2 amide bonds. The molecule has 0 saturated heterocycles. The van der Waals surface area contributed by atoms with Crippen molar-refractivity contribution in [2.24, 2.45) is 0 Å². The number of carbonyl (C=O) groups excluding carboxylic acids is 2. The number of hydrogen-bond donors (Lipinski definition) is 0. The van der Waals surface area contributed by atoms with E-state index in [1.807, 2.05) is 85.5 Å². The lowest BCUT2D eigenvalue weighted by molar-refractivity contribution is -0.134. The van der Waals surface area contributed by atoms with E-state index in [1.165, 1.54) is 4.88 Å². The van der Waals surface area contributed by atoms with Crippen LogP contribution in [0.15, 0.2) is 78.2 Å². The Morgan fingerprint density at radius 1 is 1.03 bits per heavy atom. The van der Waals surface area contributed by atoms with Gasteiger partial charge in [0.05, 0.1) is 6.04 Å². The van der Waals surface area contributed by atoms with Crippen molar-refractivity contribution in [3.63, 3.8) is 0 Å². The summed E-state index contributed by atoms with van der Waals surface area (Å²) in [5.74, 6) is -0.181. The third-order valence-electron chi connectivity index (χ3n) is 6.66. The summed E-state index contributed by atoms with van der Waals surface area (Å²) in [7, 11) is 0. The van der Waals surface area contributed by atoms with E-state index in [0.717, 1.165) is 28.3 Å². The van der Waals surface area contributed by atoms with Gasteiger partial charge in [-0.15, -0.1) is 11.3 Å². The Bertz CT molecular complexity index is 1380. The molecule has 1 atom stereocenters. The second-order valence-corrected chi connectivity index (χ2v) is 10.6. The van der Waals surface area contributed by atoms with Crippen molar-refractivity contribution in [3.8, 4) is 0 Å². The molecule has 0 spiro atoms. The molecule has 0 saturated carbocycles. The van der Waals surface area contributed by atoms with Gasteiger partial charge in [-0.2, -0.15) is 0 Å². The van der Waals surface area contributed by atoms with E-state index < -0.39 is 0 Å². The number of benzene rings is 3. The summed E-state index contributed by atoms with van der Waals surface area (Å²) in [6, 6.07) is 23.2. The first-order valence-corrected chi connectivity index (χ1v) is 13.1. The van der Waals surface area contributed by atoms with Crippen LogP contribution in [0.1, 0.15) is 46.3 Å². The Labute approximate surface area is 214 Å². The molecule has 0 aliphatic carbocycles.